The van der Waals surface area contributed by atoms with Crippen LogP contribution in [0.5, 0.6) is 0 Å². The van der Waals surface area contributed by atoms with Crippen LogP contribution in [0.4, 0.5) is 0 Å². The zero-order valence-corrected chi connectivity index (χ0v) is 3.83. The van der Waals surface area contributed by atoms with Crippen molar-refractivity contribution < 1.29 is 9.92 Å². The zero-order chi connectivity index (χ0) is 6.57. The summed E-state index contributed by atoms with van der Waals surface area (Å²) >= 11 is 0. The molecule has 0 aliphatic rings. The van der Waals surface area contributed by atoms with Gasteiger partial charge in [0.25, 0.3) is 5.09 Å². The Morgan fingerprint density at radius 3 is 2.62 bits per heavy atom. The molecule has 0 aliphatic heterocycles. The summed E-state index contributed by atoms with van der Waals surface area (Å²) in [4.78, 5) is 12.9. The van der Waals surface area contributed by atoms with Crippen molar-refractivity contribution in [1.82, 2.24) is 0 Å². The molecule has 0 saturated heterocycles. The molecule has 0 amide bonds. The van der Waals surface area contributed by atoms with Gasteiger partial charge in [0.2, 0.25) is 0 Å². The second kappa shape index (κ2) is 2.58. The van der Waals surface area contributed by atoms with Crippen molar-refractivity contribution in [2.24, 2.45) is 0 Å². The summed E-state index contributed by atoms with van der Waals surface area (Å²) in [6, 6.07) is 1.34. The average Bonchev–Trinajstić information content (AvgIpc) is 1.65. The normalized spacial score (nSPS) is 6.88. The van der Waals surface area contributed by atoms with Crippen molar-refractivity contribution in [2.45, 2.75) is 0 Å². The number of allylic oxidation sites excluding steroid dienone is 1. The lowest BCUT2D eigenvalue weighted by molar-refractivity contribution is -0.741. The smallest absolute Gasteiger partial charge is 0.265 e. The van der Waals surface area contributed by atoms with Gasteiger partial charge in [-0.3, -0.25) is 4.84 Å². The highest BCUT2D eigenvalue weighted by Gasteiger charge is 1.95. The van der Waals surface area contributed by atoms with E-state index in [9.17, 15) is 10.1 Å². The Hall–Kier alpha value is -1.57. The third-order valence-corrected chi connectivity index (χ3v) is 0.309. The summed E-state index contributed by atoms with van der Waals surface area (Å²) in [6.07, 6.45) is 0. The molecule has 0 unspecified atom stereocenters. The second-order valence-corrected chi connectivity index (χ2v) is 0.850. The maximum absolute atomic E-state index is 9.34. The molecule has 0 atom stereocenters. The molecule has 0 fully saturated rings. The zero-order valence-electron chi connectivity index (χ0n) is 3.83. The number of rotatable bonds is 2. The largest absolute Gasteiger partial charge is 0.300 e. The molecule has 0 radical (unpaired) electrons. The third-order valence-electron chi connectivity index (χ3n) is 0.309. The number of hydrogen-bond acceptors (Lipinski definition) is 4. The van der Waals surface area contributed by atoms with Crippen LogP contribution in [0.2, 0.25) is 0 Å². The molecule has 0 bridgehead atoms. The van der Waals surface area contributed by atoms with E-state index in [-0.39, 0.29) is 0 Å². The first-order valence-corrected chi connectivity index (χ1v) is 1.58. The molecule has 0 rings (SSSR count). The minimum absolute atomic E-state index is 0.519. The fourth-order valence-corrected chi connectivity index (χ4v) is 0.110. The van der Waals surface area contributed by atoms with E-state index in [4.69, 9.17) is 5.26 Å². The van der Waals surface area contributed by atoms with Gasteiger partial charge in [0.05, 0.1) is 0 Å². The summed E-state index contributed by atoms with van der Waals surface area (Å²) in [5, 5.41) is 16.1. The SMILES string of the molecule is C=C(C#N)O[N+](=O)[O-]. The van der Waals surface area contributed by atoms with E-state index in [1.807, 2.05) is 0 Å². The minimum Gasteiger partial charge on any atom is -0.265 e. The number of nitrogens with zero attached hydrogens (tertiary/aromatic N) is 2. The molecule has 0 heterocycles. The summed E-state index contributed by atoms with van der Waals surface area (Å²) in [6.45, 7) is 2.89. The van der Waals surface area contributed by atoms with Crippen LogP contribution in [0.15, 0.2) is 12.3 Å². The Morgan fingerprint density at radius 2 is 2.50 bits per heavy atom. The Labute approximate surface area is 44.9 Å². The van der Waals surface area contributed by atoms with Crippen molar-refractivity contribution >= 4 is 0 Å². The minimum atomic E-state index is -1.09. The molecule has 0 aromatic heterocycles. The van der Waals surface area contributed by atoms with E-state index in [2.05, 4.69) is 11.4 Å². The molecule has 42 valence electrons. The Morgan fingerprint density at radius 1 is 2.00 bits per heavy atom. The first kappa shape index (κ1) is 6.43. The van der Waals surface area contributed by atoms with Crippen molar-refractivity contribution in [1.29, 1.82) is 5.26 Å². The Bertz CT molecular complexity index is 156. The van der Waals surface area contributed by atoms with Crippen LogP contribution >= 0.6 is 0 Å². The second-order valence-electron chi connectivity index (χ2n) is 0.850. The Balaban J connectivity index is 3.61. The predicted octanol–water partition coefficient (Wildman–Crippen LogP) is 0.232. The fraction of sp³-hybridized carbons (Fsp3) is 0. The van der Waals surface area contributed by atoms with Crippen LogP contribution in [0, 0.1) is 21.4 Å². The van der Waals surface area contributed by atoms with Crippen LogP contribution in [-0.4, -0.2) is 5.09 Å². The average molecular weight is 114 g/mol. The molecule has 0 aromatic carbocycles. The van der Waals surface area contributed by atoms with Gasteiger partial charge in [0.15, 0.2) is 5.76 Å². The molecular formula is C3H2N2O3. The lowest BCUT2D eigenvalue weighted by Gasteiger charge is -1.86. The van der Waals surface area contributed by atoms with Gasteiger partial charge in [-0.1, -0.05) is 6.58 Å². The monoisotopic (exact) mass is 114 g/mol. The molecule has 0 aliphatic carbocycles. The van der Waals surface area contributed by atoms with Gasteiger partial charge in [-0.15, -0.1) is 10.1 Å². The van der Waals surface area contributed by atoms with Crippen LogP contribution in [0.25, 0.3) is 0 Å². The molecule has 0 saturated carbocycles. The highest BCUT2D eigenvalue weighted by Crippen LogP contribution is 1.87. The lowest BCUT2D eigenvalue weighted by atomic mass is 10.7. The van der Waals surface area contributed by atoms with Gasteiger partial charge < -0.3 is 0 Å². The van der Waals surface area contributed by atoms with Crippen LogP contribution in [-0.2, 0) is 4.84 Å². The summed E-state index contributed by atoms with van der Waals surface area (Å²) in [7, 11) is 0. The van der Waals surface area contributed by atoms with Crippen LogP contribution in [0.3, 0.4) is 0 Å². The molecule has 8 heavy (non-hydrogen) atoms. The van der Waals surface area contributed by atoms with Gasteiger partial charge in [0, 0.05) is 0 Å². The topological polar surface area (TPSA) is 76.2 Å². The van der Waals surface area contributed by atoms with Crippen molar-refractivity contribution in [3.8, 4) is 6.07 Å². The molecule has 0 spiro atoms. The van der Waals surface area contributed by atoms with Gasteiger partial charge in [0.1, 0.15) is 6.07 Å². The fourth-order valence-electron chi connectivity index (χ4n) is 0.110. The third kappa shape index (κ3) is 2.66. The van der Waals surface area contributed by atoms with Crippen LogP contribution < -0.4 is 0 Å². The van der Waals surface area contributed by atoms with Crippen molar-refractivity contribution in [3.05, 3.63) is 22.5 Å². The highest BCUT2D eigenvalue weighted by molar-refractivity contribution is 5.05. The van der Waals surface area contributed by atoms with Crippen LogP contribution in [0.1, 0.15) is 0 Å². The van der Waals surface area contributed by atoms with Gasteiger partial charge in [-0.2, -0.15) is 5.26 Å². The lowest BCUT2D eigenvalue weighted by Crippen LogP contribution is -1.96. The molecule has 0 aromatic rings. The molecular weight excluding hydrogens is 112 g/mol. The van der Waals surface area contributed by atoms with E-state index in [0.29, 0.717) is 0 Å². The number of hydrogen-bond donors (Lipinski definition) is 0. The van der Waals surface area contributed by atoms with E-state index < -0.39 is 10.8 Å². The first-order chi connectivity index (χ1) is 3.66. The van der Waals surface area contributed by atoms with Gasteiger partial charge >= 0.3 is 0 Å². The van der Waals surface area contributed by atoms with E-state index >= 15 is 0 Å². The highest BCUT2D eigenvalue weighted by atomic mass is 17.0. The van der Waals surface area contributed by atoms with E-state index in [0.717, 1.165) is 0 Å². The summed E-state index contributed by atoms with van der Waals surface area (Å²) in [5.74, 6) is -0.519. The van der Waals surface area contributed by atoms with E-state index in [1.165, 1.54) is 6.07 Å². The predicted molar refractivity (Wildman–Crippen MR) is 22.8 cm³/mol. The maximum atomic E-state index is 9.34. The molecule has 0 N–H and O–H groups in total. The standard InChI is InChI=1S/C3H2N2O3/c1-3(2-4)8-5(6)7/h1H2. The first-order valence-electron chi connectivity index (χ1n) is 1.58. The molecule has 5 heteroatoms. The van der Waals surface area contributed by atoms with Gasteiger partial charge in [-0.05, 0) is 0 Å². The molecule has 5 nitrogen and oxygen atoms in total. The quantitative estimate of drug-likeness (QED) is 0.223. The Kier molecular flexibility index (Phi) is 2.07. The summed E-state index contributed by atoms with van der Waals surface area (Å²) < 4.78 is 0. The van der Waals surface area contributed by atoms with Crippen molar-refractivity contribution in [2.75, 3.05) is 0 Å². The van der Waals surface area contributed by atoms with Gasteiger partial charge in [-0.25, -0.2) is 0 Å². The maximum Gasteiger partial charge on any atom is 0.300 e. The van der Waals surface area contributed by atoms with E-state index in [1.54, 1.807) is 0 Å². The van der Waals surface area contributed by atoms with Crippen molar-refractivity contribution in [3.63, 3.8) is 0 Å². The number of nitriles is 1. The summed E-state index contributed by atoms with van der Waals surface area (Å²) in [5.41, 5.74) is 0.